The number of aromatic nitrogens is 2. The lowest BCUT2D eigenvalue weighted by atomic mass is 10.3. The lowest BCUT2D eigenvalue weighted by molar-refractivity contribution is 0.196. The number of para-hydroxylation sites is 2. The molecule has 1 aliphatic heterocycles. The zero-order chi connectivity index (χ0) is 17.6. The lowest BCUT2D eigenvalue weighted by Crippen LogP contribution is -2.49. The Morgan fingerprint density at radius 3 is 2.60 bits per heavy atom. The average Bonchev–Trinajstić information content (AvgIpc) is 2.63. The highest BCUT2D eigenvalue weighted by molar-refractivity contribution is 9.10. The van der Waals surface area contributed by atoms with Crippen molar-refractivity contribution < 1.29 is 9.47 Å². The van der Waals surface area contributed by atoms with Crippen molar-refractivity contribution in [2.45, 2.75) is 0 Å². The number of methoxy groups -OCH3 is 1. The first kappa shape index (κ1) is 17.8. The van der Waals surface area contributed by atoms with E-state index in [9.17, 15) is 4.79 Å². The molecule has 0 amide bonds. The molecule has 2 aromatic rings. The second-order valence-electron chi connectivity index (χ2n) is 5.72. The summed E-state index contributed by atoms with van der Waals surface area (Å²) in [4.78, 5) is 16.4. The Balaban J connectivity index is 1.49. The van der Waals surface area contributed by atoms with E-state index >= 15 is 0 Å². The van der Waals surface area contributed by atoms with Crippen LogP contribution < -0.4 is 19.9 Å². The Labute approximate surface area is 154 Å². The molecule has 0 atom stereocenters. The van der Waals surface area contributed by atoms with E-state index in [0.29, 0.717) is 12.3 Å². The minimum absolute atomic E-state index is 0.165. The molecule has 7 nitrogen and oxygen atoms in total. The molecule has 25 heavy (non-hydrogen) atoms. The van der Waals surface area contributed by atoms with E-state index in [1.807, 2.05) is 24.3 Å². The molecular weight excluding hydrogens is 388 g/mol. The van der Waals surface area contributed by atoms with Gasteiger partial charge in [0.15, 0.2) is 11.5 Å². The number of halogens is 1. The molecule has 0 unspecified atom stereocenters. The molecule has 8 heteroatoms. The van der Waals surface area contributed by atoms with Gasteiger partial charge in [-0.1, -0.05) is 12.1 Å². The summed E-state index contributed by atoms with van der Waals surface area (Å²) in [7, 11) is 1.64. The van der Waals surface area contributed by atoms with Gasteiger partial charge in [0.25, 0.3) is 5.56 Å². The molecule has 1 aromatic carbocycles. The molecule has 0 saturated carbocycles. The first-order valence-corrected chi connectivity index (χ1v) is 8.94. The van der Waals surface area contributed by atoms with Crippen LogP contribution in [0.5, 0.6) is 11.5 Å². The molecule has 0 spiro atoms. The van der Waals surface area contributed by atoms with Gasteiger partial charge in [0.05, 0.1) is 17.8 Å². The zero-order valence-electron chi connectivity index (χ0n) is 14.1. The SMILES string of the molecule is COc1ccccc1OCCN1CCN(c2c(Br)cn[nH]c2=O)CC1. The maximum Gasteiger partial charge on any atom is 0.288 e. The number of hydrogen-bond acceptors (Lipinski definition) is 6. The number of rotatable bonds is 6. The fraction of sp³-hybridized carbons (Fsp3) is 0.412. The maximum atomic E-state index is 12.0. The number of ether oxygens (including phenoxy) is 2. The van der Waals surface area contributed by atoms with Gasteiger partial charge in [-0.15, -0.1) is 0 Å². The maximum absolute atomic E-state index is 12.0. The highest BCUT2D eigenvalue weighted by Crippen LogP contribution is 2.25. The van der Waals surface area contributed by atoms with Crippen LogP contribution in [0.15, 0.2) is 39.7 Å². The second kappa shape index (κ2) is 8.35. The third kappa shape index (κ3) is 4.32. The van der Waals surface area contributed by atoms with Gasteiger partial charge < -0.3 is 14.4 Å². The molecule has 134 valence electrons. The highest BCUT2D eigenvalue weighted by atomic mass is 79.9. The molecule has 0 radical (unpaired) electrons. The number of piperazine rings is 1. The van der Waals surface area contributed by atoms with Crippen LogP contribution >= 0.6 is 15.9 Å². The van der Waals surface area contributed by atoms with Gasteiger partial charge in [0.2, 0.25) is 0 Å². The Morgan fingerprint density at radius 2 is 1.92 bits per heavy atom. The standard InChI is InChI=1S/C17H21BrN4O3/c1-24-14-4-2-3-5-15(14)25-11-10-21-6-8-22(9-7-21)16-13(18)12-19-20-17(16)23/h2-5,12H,6-11H2,1H3,(H,20,23). The van der Waals surface area contributed by atoms with Crippen LogP contribution in [0.1, 0.15) is 0 Å². The summed E-state index contributed by atoms with van der Waals surface area (Å²) in [6.45, 7) is 4.77. The number of hydrogen-bond donors (Lipinski definition) is 1. The van der Waals surface area contributed by atoms with Crippen LogP contribution in [0.2, 0.25) is 0 Å². The average molecular weight is 409 g/mol. The van der Waals surface area contributed by atoms with Gasteiger partial charge in [0.1, 0.15) is 12.3 Å². The van der Waals surface area contributed by atoms with Gasteiger partial charge in [-0.05, 0) is 28.1 Å². The largest absolute Gasteiger partial charge is 0.493 e. The van der Waals surface area contributed by atoms with E-state index in [4.69, 9.17) is 9.47 Å². The third-order valence-corrected chi connectivity index (χ3v) is 4.79. The van der Waals surface area contributed by atoms with Gasteiger partial charge in [-0.3, -0.25) is 9.69 Å². The van der Waals surface area contributed by atoms with Crippen molar-refractivity contribution >= 4 is 21.6 Å². The van der Waals surface area contributed by atoms with Crippen molar-refractivity contribution in [3.63, 3.8) is 0 Å². The van der Waals surface area contributed by atoms with Crippen molar-refractivity contribution in [1.29, 1.82) is 0 Å². The van der Waals surface area contributed by atoms with E-state index in [2.05, 4.69) is 35.9 Å². The summed E-state index contributed by atoms with van der Waals surface area (Å²) in [5.74, 6) is 1.50. The predicted molar refractivity (Wildman–Crippen MR) is 99.7 cm³/mol. The van der Waals surface area contributed by atoms with E-state index < -0.39 is 0 Å². The molecule has 1 fully saturated rings. The third-order valence-electron chi connectivity index (χ3n) is 4.21. The smallest absolute Gasteiger partial charge is 0.288 e. The molecule has 1 saturated heterocycles. The number of nitrogens with one attached hydrogen (secondary N) is 1. The van der Waals surface area contributed by atoms with Crippen molar-refractivity contribution in [3.05, 3.63) is 45.3 Å². The van der Waals surface area contributed by atoms with Crippen LogP contribution in [0, 0.1) is 0 Å². The fourth-order valence-corrected chi connectivity index (χ4v) is 3.42. The van der Waals surface area contributed by atoms with Gasteiger partial charge in [-0.2, -0.15) is 5.10 Å². The first-order valence-electron chi connectivity index (χ1n) is 8.15. The molecule has 0 bridgehead atoms. The number of aromatic amines is 1. The van der Waals surface area contributed by atoms with Crippen molar-refractivity contribution in [2.75, 3.05) is 51.3 Å². The highest BCUT2D eigenvalue weighted by Gasteiger charge is 2.21. The van der Waals surface area contributed by atoms with Gasteiger partial charge in [-0.25, -0.2) is 5.10 Å². The number of anilines is 1. The van der Waals surface area contributed by atoms with Crippen molar-refractivity contribution in [2.24, 2.45) is 0 Å². The quantitative estimate of drug-likeness (QED) is 0.784. The van der Waals surface area contributed by atoms with Gasteiger partial charge in [0, 0.05) is 32.7 Å². The molecule has 1 aliphatic rings. The summed E-state index contributed by atoms with van der Waals surface area (Å²) in [5.41, 5.74) is 0.488. The monoisotopic (exact) mass is 408 g/mol. The predicted octanol–water partition coefficient (Wildman–Crippen LogP) is 1.74. The molecule has 2 heterocycles. The molecule has 1 N–H and O–H groups in total. The van der Waals surface area contributed by atoms with Gasteiger partial charge >= 0.3 is 0 Å². The Kier molecular flexibility index (Phi) is 5.93. The summed E-state index contributed by atoms with van der Waals surface area (Å²) in [5, 5.41) is 6.28. The summed E-state index contributed by atoms with van der Waals surface area (Å²) in [6, 6.07) is 7.65. The van der Waals surface area contributed by atoms with Crippen LogP contribution in [-0.2, 0) is 0 Å². The van der Waals surface area contributed by atoms with Crippen LogP contribution in [0.25, 0.3) is 0 Å². The summed E-state index contributed by atoms with van der Waals surface area (Å²) >= 11 is 3.41. The van der Waals surface area contributed by atoms with Crippen molar-refractivity contribution in [3.8, 4) is 11.5 Å². The molecule has 3 rings (SSSR count). The minimum atomic E-state index is -0.165. The van der Waals surface area contributed by atoms with Crippen LogP contribution in [0.4, 0.5) is 5.69 Å². The summed E-state index contributed by atoms with van der Waals surface area (Å²) in [6.07, 6.45) is 1.62. The Morgan fingerprint density at radius 1 is 1.20 bits per heavy atom. The van der Waals surface area contributed by atoms with Crippen molar-refractivity contribution in [1.82, 2.24) is 15.1 Å². The van der Waals surface area contributed by atoms with E-state index in [1.54, 1.807) is 13.3 Å². The molecular formula is C17H21BrN4O3. The van der Waals surface area contributed by atoms with Crippen LogP contribution in [-0.4, -0.2) is 61.5 Å². The molecule has 0 aliphatic carbocycles. The Hall–Kier alpha value is -2.06. The normalized spacial score (nSPS) is 15.2. The first-order chi connectivity index (χ1) is 12.2. The fourth-order valence-electron chi connectivity index (χ4n) is 2.88. The Bertz CT molecular complexity index is 760. The molecule has 1 aromatic heterocycles. The topological polar surface area (TPSA) is 70.7 Å². The minimum Gasteiger partial charge on any atom is -0.493 e. The van der Waals surface area contributed by atoms with E-state index in [1.165, 1.54) is 0 Å². The lowest BCUT2D eigenvalue weighted by Gasteiger charge is -2.35. The second-order valence-corrected chi connectivity index (χ2v) is 6.58. The zero-order valence-corrected chi connectivity index (χ0v) is 15.7. The van der Waals surface area contributed by atoms with Crippen LogP contribution in [0.3, 0.4) is 0 Å². The van der Waals surface area contributed by atoms with E-state index in [0.717, 1.165) is 48.7 Å². The number of benzene rings is 1. The number of nitrogens with zero attached hydrogens (tertiary/aromatic N) is 3. The number of H-pyrrole nitrogens is 1. The van der Waals surface area contributed by atoms with E-state index in [-0.39, 0.29) is 5.56 Å². The summed E-state index contributed by atoms with van der Waals surface area (Å²) < 4.78 is 11.8.